The summed E-state index contributed by atoms with van der Waals surface area (Å²) >= 11 is 0. The van der Waals surface area contributed by atoms with E-state index in [0.29, 0.717) is 5.75 Å². The van der Waals surface area contributed by atoms with Crippen LogP contribution < -0.4 is 4.74 Å². The molecule has 0 aliphatic rings. The Labute approximate surface area is 107 Å². The molecule has 3 nitrogen and oxygen atoms in total. The summed E-state index contributed by atoms with van der Waals surface area (Å²) in [4.78, 5) is 0.0382. The molecule has 0 bridgehead atoms. The van der Waals surface area contributed by atoms with Crippen LogP contribution in [0.3, 0.4) is 0 Å². The zero-order chi connectivity index (χ0) is 12.9. The molecular formula is C12H17ClO3S. The summed E-state index contributed by atoms with van der Waals surface area (Å²) in [6, 6.07) is 6.45. The molecule has 0 aliphatic heterocycles. The van der Waals surface area contributed by atoms with Gasteiger partial charge in [0.2, 0.25) is 0 Å². The molecule has 0 heterocycles. The van der Waals surface area contributed by atoms with Crippen LogP contribution in [0, 0.1) is 0 Å². The molecule has 0 radical (unpaired) electrons. The Morgan fingerprint density at radius 2 is 1.94 bits per heavy atom. The van der Waals surface area contributed by atoms with Crippen LogP contribution >= 0.6 is 10.7 Å². The minimum Gasteiger partial charge on any atom is -0.489 e. The monoisotopic (exact) mass is 276 g/mol. The van der Waals surface area contributed by atoms with Crippen LogP contribution in [0.15, 0.2) is 29.2 Å². The molecule has 0 aliphatic carbocycles. The maximum Gasteiger partial charge on any atom is 0.264 e. The van der Waals surface area contributed by atoms with Gasteiger partial charge >= 0.3 is 0 Å². The Kier molecular flexibility index (Phi) is 5.28. The number of rotatable bonds is 6. The van der Waals surface area contributed by atoms with Crippen LogP contribution in [0.1, 0.15) is 33.1 Å². The fourth-order valence-corrected chi connectivity index (χ4v) is 2.58. The number of benzene rings is 1. The molecular weight excluding hydrogens is 260 g/mol. The lowest BCUT2D eigenvalue weighted by atomic mass is 10.1. The summed E-state index contributed by atoms with van der Waals surface area (Å²) in [6.07, 6.45) is 2.76. The molecule has 0 saturated carbocycles. The third-order valence-corrected chi connectivity index (χ3v) is 3.83. The molecule has 0 spiro atoms. The Bertz CT molecular complexity index is 457. The molecule has 1 aromatic rings. The number of para-hydroxylation sites is 1. The first-order valence-corrected chi connectivity index (χ1v) is 8.00. The van der Waals surface area contributed by atoms with Gasteiger partial charge in [-0.05, 0) is 25.0 Å². The van der Waals surface area contributed by atoms with Crippen molar-refractivity contribution in [2.24, 2.45) is 0 Å². The summed E-state index contributed by atoms with van der Waals surface area (Å²) in [7, 11) is 1.60. The van der Waals surface area contributed by atoms with Gasteiger partial charge in [-0.3, -0.25) is 0 Å². The zero-order valence-corrected chi connectivity index (χ0v) is 11.6. The number of halogens is 1. The van der Waals surface area contributed by atoms with E-state index in [1.807, 2.05) is 6.92 Å². The van der Waals surface area contributed by atoms with Crippen LogP contribution in [-0.4, -0.2) is 14.5 Å². The average molecular weight is 277 g/mol. The van der Waals surface area contributed by atoms with E-state index in [9.17, 15) is 8.42 Å². The second-order valence-electron chi connectivity index (χ2n) is 3.82. The lowest BCUT2D eigenvalue weighted by Gasteiger charge is -2.18. The molecule has 96 valence electrons. The molecule has 0 amide bonds. The van der Waals surface area contributed by atoms with Crippen LogP contribution in [0.5, 0.6) is 5.75 Å². The summed E-state index contributed by atoms with van der Waals surface area (Å²) in [5.74, 6) is 0.336. The van der Waals surface area contributed by atoms with Crippen LogP contribution in [0.2, 0.25) is 0 Å². The van der Waals surface area contributed by atoms with Gasteiger partial charge in [-0.25, -0.2) is 8.42 Å². The lowest BCUT2D eigenvalue weighted by molar-refractivity contribution is 0.181. The highest BCUT2D eigenvalue weighted by Crippen LogP contribution is 2.28. The van der Waals surface area contributed by atoms with Crippen LogP contribution in [0.25, 0.3) is 0 Å². The summed E-state index contributed by atoms with van der Waals surface area (Å²) in [5.41, 5.74) is 0. The van der Waals surface area contributed by atoms with E-state index < -0.39 is 9.05 Å². The van der Waals surface area contributed by atoms with Crippen molar-refractivity contribution in [1.29, 1.82) is 0 Å². The van der Waals surface area contributed by atoms with Gasteiger partial charge in [0.05, 0.1) is 6.10 Å². The minimum atomic E-state index is -3.76. The predicted molar refractivity (Wildman–Crippen MR) is 69.1 cm³/mol. The van der Waals surface area contributed by atoms with Crippen molar-refractivity contribution in [2.75, 3.05) is 0 Å². The molecule has 0 N–H and O–H groups in total. The van der Waals surface area contributed by atoms with Gasteiger partial charge in [0.25, 0.3) is 9.05 Å². The van der Waals surface area contributed by atoms with Gasteiger partial charge in [0, 0.05) is 10.7 Å². The highest BCUT2D eigenvalue weighted by molar-refractivity contribution is 8.13. The van der Waals surface area contributed by atoms with Crippen LogP contribution in [-0.2, 0) is 9.05 Å². The van der Waals surface area contributed by atoms with E-state index in [2.05, 4.69) is 6.92 Å². The fraction of sp³-hybridized carbons (Fsp3) is 0.500. The predicted octanol–water partition coefficient (Wildman–Crippen LogP) is 3.57. The topological polar surface area (TPSA) is 43.4 Å². The molecule has 17 heavy (non-hydrogen) atoms. The lowest BCUT2D eigenvalue weighted by Crippen LogP contribution is -2.16. The number of hydrogen-bond donors (Lipinski definition) is 0. The van der Waals surface area contributed by atoms with Gasteiger partial charge in [0.1, 0.15) is 10.6 Å². The van der Waals surface area contributed by atoms with E-state index >= 15 is 0 Å². The number of ether oxygens (including phenoxy) is 1. The molecule has 0 saturated heterocycles. The van der Waals surface area contributed by atoms with Crippen molar-refractivity contribution < 1.29 is 13.2 Å². The second kappa shape index (κ2) is 6.26. The molecule has 1 rings (SSSR count). The summed E-state index contributed by atoms with van der Waals surface area (Å²) in [5, 5.41) is 0. The van der Waals surface area contributed by atoms with Gasteiger partial charge in [-0.15, -0.1) is 0 Å². The van der Waals surface area contributed by atoms with Crippen molar-refractivity contribution in [1.82, 2.24) is 0 Å². The molecule has 0 fully saturated rings. The molecule has 1 atom stereocenters. The van der Waals surface area contributed by atoms with E-state index in [-0.39, 0.29) is 11.0 Å². The van der Waals surface area contributed by atoms with Gasteiger partial charge in [-0.2, -0.15) is 0 Å². The third kappa shape index (κ3) is 4.21. The van der Waals surface area contributed by atoms with Gasteiger partial charge in [0.15, 0.2) is 0 Å². The Hall–Kier alpha value is -0.740. The first-order chi connectivity index (χ1) is 7.99. The smallest absolute Gasteiger partial charge is 0.264 e. The largest absolute Gasteiger partial charge is 0.489 e. The average Bonchev–Trinajstić information content (AvgIpc) is 2.27. The maximum atomic E-state index is 11.4. The molecule has 0 aromatic heterocycles. The highest BCUT2D eigenvalue weighted by Gasteiger charge is 2.18. The Morgan fingerprint density at radius 3 is 2.47 bits per heavy atom. The first-order valence-electron chi connectivity index (χ1n) is 5.69. The fourth-order valence-electron chi connectivity index (χ4n) is 1.60. The van der Waals surface area contributed by atoms with E-state index in [4.69, 9.17) is 15.4 Å². The number of hydrogen-bond acceptors (Lipinski definition) is 3. The standard InChI is InChI=1S/C12H17ClO3S/c1-3-7-10(4-2)16-11-8-5-6-9-12(11)17(13,14)15/h5-6,8-10H,3-4,7H2,1-2H3. The van der Waals surface area contributed by atoms with E-state index in [0.717, 1.165) is 19.3 Å². The normalized spacial score (nSPS) is 13.4. The van der Waals surface area contributed by atoms with Gasteiger partial charge < -0.3 is 4.74 Å². The summed E-state index contributed by atoms with van der Waals surface area (Å²) in [6.45, 7) is 4.08. The SMILES string of the molecule is CCCC(CC)Oc1ccccc1S(=O)(=O)Cl. The van der Waals surface area contributed by atoms with Crippen molar-refractivity contribution in [3.05, 3.63) is 24.3 Å². The molecule has 1 aromatic carbocycles. The third-order valence-electron chi connectivity index (χ3n) is 2.47. The van der Waals surface area contributed by atoms with Gasteiger partial charge in [-0.1, -0.05) is 32.4 Å². The highest BCUT2D eigenvalue weighted by atomic mass is 35.7. The Balaban J connectivity index is 2.98. The maximum absolute atomic E-state index is 11.4. The second-order valence-corrected chi connectivity index (χ2v) is 6.36. The van der Waals surface area contributed by atoms with Crippen molar-refractivity contribution in [2.45, 2.75) is 44.1 Å². The molecule has 1 unspecified atom stereocenters. The van der Waals surface area contributed by atoms with Crippen LogP contribution in [0.4, 0.5) is 0 Å². The van der Waals surface area contributed by atoms with Crippen molar-refractivity contribution >= 4 is 19.7 Å². The van der Waals surface area contributed by atoms with Crippen molar-refractivity contribution in [3.8, 4) is 5.75 Å². The zero-order valence-electron chi connectivity index (χ0n) is 10.0. The molecule has 5 heteroatoms. The van der Waals surface area contributed by atoms with E-state index in [1.165, 1.54) is 6.07 Å². The first kappa shape index (κ1) is 14.3. The quantitative estimate of drug-likeness (QED) is 0.746. The minimum absolute atomic E-state index is 0.0274. The summed E-state index contributed by atoms with van der Waals surface area (Å²) < 4.78 is 28.4. The van der Waals surface area contributed by atoms with E-state index in [1.54, 1.807) is 18.2 Å². The Morgan fingerprint density at radius 1 is 1.29 bits per heavy atom. The van der Waals surface area contributed by atoms with Crippen molar-refractivity contribution in [3.63, 3.8) is 0 Å².